The molecule has 0 saturated carbocycles. The summed E-state index contributed by atoms with van der Waals surface area (Å²) in [5, 5.41) is 4.18. The van der Waals surface area contributed by atoms with Crippen LogP contribution in [-0.4, -0.2) is 35.6 Å². The Balaban J connectivity index is 1.86. The number of nitrogens with zero attached hydrogens (tertiary/aromatic N) is 3. The van der Waals surface area contributed by atoms with Crippen molar-refractivity contribution in [2.45, 2.75) is 44.0 Å². The maximum Gasteiger partial charge on any atom is 0.246 e. The summed E-state index contributed by atoms with van der Waals surface area (Å²) >= 11 is 0. The SMILES string of the molecule is CCn1ncc(S(=O)(=O)N2CCC[C@H](c3ccccc3)C2)c1C. The first-order valence-corrected chi connectivity index (χ1v) is 9.55. The van der Waals surface area contributed by atoms with E-state index in [1.165, 1.54) is 11.8 Å². The van der Waals surface area contributed by atoms with Gasteiger partial charge in [0.25, 0.3) is 0 Å². The molecule has 124 valence electrons. The van der Waals surface area contributed by atoms with Crippen molar-refractivity contribution in [3.63, 3.8) is 0 Å². The molecule has 5 nitrogen and oxygen atoms in total. The third-order valence-electron chi connectivity index (χ3n) is 4.63. The number of aromatic nitrogens is 2. The molecule has 1 aromatic carbocycles. The summed E-state index contributed by atoms with van der Waals surface area (Å²) < 4.78 is 29.3. The largest absolute Gasteiger partial charge is 0.269 e. The van der Waals surface area contributed by atoms with Gasteiger partial charge in [0.2, 0.25) is 10.0 Å². The zero-order chi connectivity index (χ0) is 16.4. The van der Waals surface area contributed by atoms with Gasteiger partial charge in [0.05, 0.1) is 11.9 Å². The molecule has 1 saturated heterocycles. The number of rotatable bonds is 4. The summed E-state index contributed by atoms with van der Waals surface area (Å²) in [7, 11) is -3.47. The van der Waals surface area contributed by atoms with Crippen molar-refractivity contribution in [3.05, 3.63) is 47.8 Å². The van der Waals surface area contributed by atoms with Gasteiger partial charge in [-0.25, -0.2) is 8.42 Å². The van der Waals surface area contributed by atoms with Crippen LogP contribution in [0.1, 0.15) is 36.9 Å². The first kappa shape index (κ1) is 16.2. The first-order valence-electron chi connectivity index (χ1n) is 8.11. The highest BCUT2D eigenvalue weighted by molar-refractivity contribution is 7.89. The van der Waals surface area contributed by atoms with Gasteiger partial charge in [0, 0.05) is 19.6 Å². The Morgan fingerprint density at radius 1 is 1.26 bits per heavy atom. The van der Waals surface area contributed by atoms with E-state index in [4.69, 9.17) is 0 Å². The van der Waals surface area contributed by atoms with Crippen molar-refractivity contribution in [1.29, 1.82) is 0 Å². The summed E-state index contributed by atoms with van der Waals surface area (Å²) in [5.41, 5.74) is 1.93. The van der Waals surface area contributed by atoms with E-state index in [0.717, 1.165) is 12.8 Å². The fraction of sp³-hybridized carbons (Fsp3) is 0.471. The Hall–Kier alpha value is -1.66. The molecular weight excluding hydrogens is 310 g/mol. The number of hydrogen-bond acceptors (Lipinski definition) is 3. The zero-order valence-electron chi connectivity index (χ0n) is 13.6. The summed E-state index contributed by atoms with van der Waals surface area (Å²) in [6, 6.07) is 10.2. The molecule has 2 aromatic rings. The van der Waals surface area contributed by atoms with Crippen LogP contribution in [0.3, 0.4) is 0 Å². The van der Waals surface area contributed by atoms with Gasteiger partial charge in [-0.1, -0.05) is 30.3 Å². The van der Waals surface area contributed by atoms with E-state index in [1.54, 1.807) is 8.99 Å². The molecule has 0 radical (unpaired) electrons. The molecule has 1 aliphatic rings. The number of sulfonamides is 1. The molecule has 0 aliphatic carbocycles. The van der Waals surface area contributed by atoms with E-state index in [9.17, 15) is 8.42 Å². The van der Waals surface area contributed by atoms with Crippen LogP contribution in [0.5, 0.6) is 0 Å². The number of aryl methyl sites for hydroxylation is 1. The third kappa shape index (κ3) is 3.05. The van der Waals surface area contributed by atoms with Crippen molar-refractivity contribution in [3.8, 4) is 0 Å². The standard InChI is InChI=1S/C17H23N3O2S/c1-3-20-14(2)17(12-18-20)23(21,22)19-11-7-10-16(13-19)15-8-5-4-6-9-15/h4-6,8-9,12,16H,3,7,10-11,13H2,1-2H3/t16-/m0/s1. The van der Waals surface area contributed by atoms with Crippen molar-refractivity contribution in [2.24, 2.45) is 0 Å². The topological polar surface area (TPSA) is 55.2 Å². The molecule has 3 rings (SSSR count). The second-order valence-electron chi connectivity index (χ2n) is 6.02. The van der Waals surface area contributed by atoms with Gasteiger partial charge >= 0.3 is 0 Å². The normalized spacial score (nSPS) is 19.8. The smallest absolute Gasteiger partial charge is 0.246 e. The van der Waals surface area contributed by atoms with Crippen molar-refractivity contribution >= 4 is 10.0 Å². The van der Waals surface area contributed by atoms with Crippen LogP contribution in [0.4, 0.5) is 0 Å². The highest BCUT2D eigenvalue weighted by atomic mass is 32.2. The maximum absolute atomic E-state index is 13.0. The monoisotopic (exact) mass is 333 g/mol. The fourth-order valence-corrected chi connectivity index (χ4v) is 4.98. The highest BCUT2D eigenvalue weighted by Crippen LogP contribution is 2.30. The minimum Gasteiger partial charge on any atom is -0.269 e. The van der Waals surface area contributed by atoms with Crippen molar-refractivity contribution in [2.75, 3.05) is 13.1 Å². The molecule has 6 heteroatoms. The van der Waals surface area contributed by atoms with Gasteiger partial charge in [-0.15, -0.1) is 0 Å². The zero-order valence-corrected chi connectivity index (χ0v) is 14.5. The lowest BCUT2D eigenvalue weighted by Crippen LogP contribution is -2.39. The summed E-state index contributed by atoms with van der Waals surface area (Å²) in [4.78, 5) is 0.341. The maximum atomic E-state index is 13.0. The molecule has 0 unspecified atom stereocenters. The van der Waals surface area contributed by atoms with Gasteiger partial charge in [-0.2, -0.15) is 9.40 Å². The van der Waals surface area contributed by atoms with Gasteiger partial charge in [-0.05, 0) is 38.2 Å². The van der Waals surface area contributed by atoms with Gasteiger partial charge < -0.3 is 0 Å². The number of piperidine rings is 1. The van der Waals surface area contributed by atoms with Gasteiger partial charge in [-0.3, -0.25) is 4.68 Å². The van der Waals surface area contributed by atoms with Crippen molar-refractivity contribution in [1.82, 2.24) is 14.1 Å². The summed E-state index contributed by atoms with van der Waals surface area (Å²) in [6.45, 7) is 5.59. The lowest BCUT2D eigenvalue weighted by atomic mass is 9.92. The number of benzene rings is 1. The number of hydrogen-bond donors (Lipinski definition) is 0. The molecule has 1 aliphatic heterocycles. The van der Waals surface area contributed by atoms with E-state index < -0.39 is 10.0 Å². The quantitative estimate of drug-likeness (QED) is 0.864. The van der Waals surface area contributed by atoms with Crippen LogP contribution in [0.15, 0.2) is 41.4 Å². The molecule has 0 spiro atoms. The van der Waals surface area contributed by atoms with E-state index in [1.807, 2.05) is 32.0 Å². The van der Waals surface area contributed by atoms with Gasteiger partial charge in [0.1, 0.15) is 4.90 Å². The van der Waals surface area contributed by atoms with Crippen molar-refractivity contribution < 1.29 is 8.42 Å². The van der Waals surface area contributed by atoms with Crippen LogP contribution < -0.4 is 0 Å². The second-order valence-corrected chi connectivity index (χ2v) is 7.93. The average Bonchev–Trinajstić information content (AvgIpc) is 2.97. The average molecular weight is 333 g/mol. The molecule has 23 heavy (non-hydrogen) atoms. The molecule has 1 fully saturated rings. The Labute approximate surface area is 138 Å². The minimum absolute atomic E-state index is 0.265. The molecule has 1 atom stereocenters. The lowest BCUT2D eigenvalue weighted by Gasteiger charge is -2.32. The van der Waals surface area contributed by atoms with Crippen LogP contribution in [0, 0.1) is 6.92 Å². The Kier molecular flexibility index (Phi) is 4.55. The van der Waals surface area contributed by atoms with Crippen LogP contribution in [0.2, 0.25) is 0 Å². The van der Waals surface area contributed by atoms with Gasteiger partial charge in [0.15, 0.2) is 0 Å². The predicted molar refractivity (Wildman–Crippen MR) is 89.8 cm³/mol. The van der Waals surface area contributed by atoms with E-state index in [0.29, 0.717) is 30.2 Å². The first-order chi connectivity index (χ1) is 11.0. The minimum atomic E-state index is -3.47. The summed E-state index contributed by atoms with van der Waals surface area (Å²) in [5.74, 6) is 0.265. The Bertz CT molecular complexity index is 768. The molecule has 2 heterocycles. The van der Waals surface area contributed by atoms with E-state index in [-0.39, 0.29) is 5.92 Å². The third-order valence-corrected chi connectivity index (χ3v) is 6.60. The fourth-order valence-electron chi connectivity index (χ4n) is 3.30. The van der Waals surface area contributed by atoms with Crippen LogP contribution >= 0.6 is 0 Å². The molecule has 0 N–H and O–H groups in total. The molecule has 1 aromatic heterocycles. The van der Waals surface area contributed by atoms with Crippen LogP contribution in [-0.2, 0) is 16.6 Å². The molecular formula is C17H23N3O2S. The highest BCUT2D eigenvalue weighted by Gasteiger charge is 2.33. The predicted octanol–water partition coefficient (Wildman–Crippen LogP) is 2.78. The van der Waals surface area contributed by atoms with E-state index in [2.05, 4.69) is 17.2 Å². The van der Waals surface area contributed by atoms with Crippen LogP contribution in [0.25, 0.3) is 0 Å². The van der Waals surface area contributed by atoms with E-state index >= 15 is 0 Å². The lowest BCUT2D eigenvalue weighted by molar-refractivity contribution is 0.315. The summed E-state index contributed by atoms with van der Waals surface area (Å²) in [6.07, 6.45) is 3.41. The molecule has 0 bridgehead atoms. The Morgan fingerprint density at radius 3 is 2.65 bits per heavy atom. The Morgan fingerprint density at radius 2 is 2.00 bits per heavy atom. The molecule has 0 amide bonds. The second kappa shape index (κ2) is 6.45.